The van der Waals surface area contributed by atoms with Gasteiger partial charge in [-0.15, -0.1) is 0 Å². The lowest BCUT2D eigenvalue weighted by Gasteiger charge is -2.31. The first-order chi connectivity index (χ1) is 10.8. The number of nitrogens with zero attached hydrogens (tertiary/aromatic N) is 1. The Morgan fingerprint density at radius 1 is 0.955 bits per heavy atom. The molecule has 1 saturated heterocycles. The minimum Gasteiger partial charge on any atom is -0.316 e. The predicted molar refractivity (Wildman–Crippen MR) is 94.3 cm³/mol. The van der Waals surface area contributed by atoms with Gasteiger partial charge in [-0.2, -0.15) is 0 Å². The molecule has 0 spiro atoms. The van der Waals surface area contributed by atoms with Gasteiger partial charge < -0.3 is 5.32 Å². The number of halogens is 1. The van der Waals surface area contributed by atoms with Gasteiger partial charge in [0.25, 0.3) is 0 Å². The summed E-state index contributed by atoms with van der Waals surface area (Å²) in [7, 11) is 0. The van der Waals surface area contributed by atoms with E-state index in [0.29, 0.717) is 0 Å². The maximum absolute atomic E-state index is 6.02. The Labute approximate surface area is 140 Å². The van der Waals surface area contributed by atoms with Crippen molar-refractivity contribution in [1.82, 2.24) is 10.2 Å². The van der Waals surface area contributed by atoms with E-state index in [-0.39, 0.29) is 0 Å². The molecular weight excluding hydrogens is 292 g/mol. The van der Waals surface area contributed by atoms with Crippen LogP contribution in [0.3, 0.4) is 0 Å². The Kier molecular flexibility index (Phi) is 6.17. The molecule has 122 valence electrons. The molecule has 1 unspecified atom stereocenters. The van der Waals surface area contributed by atoms with Crippen molar-refractivity contribution in [3.8, 4) is 0 Å². The number of rotatable bonds is 6. The predicted octanol–water partition coefficient (Wildman–Crippen LogP) is 4.33. The third-order valence-electron chi connectivity index (χ3n) is 5.24. The lowest BCUT2D eigenvalue weighted by atomic mass is 9.88. The Hall–Kier alpha value is -0.570. The zero-order chi connectivity index (χ0) is 15.2. The Morgan fingerprint density at radius 3 is 2.36 bits per heavy atom. The normalized spacial score (nSPS) is 23.3. The topological polar surface area (TPSA) is 15.3 Å². The summed E-state index contributed by atoms with van der Waals surface area (Å²) in [5.74, 6) is 1.74. The first-order valence-electron chi connectivity index (χ1n) is 8.97. The third kappa shape index (κ3) is 4.97. The van der Waals surface area contributed by atoms with Crippen molar-refractivity contribution in [2.75, 3.05) is 26.2 Å². The smallest absolute Gasteiger partial charge is 0.0406 e. The standard InChI is InChI=1S/C19H29ClN2/c20-19-8-6-17(7-9-19)14-22(15-18-10-11-21-12-18)13-16-4-2-1-3-5-16/h6-9,16,18,21H,1-5,10-15H2. The van der Waals surface area contributed by atoms with Crippen molar-refractivity contribution in [3.63, 3.8) is 0 Å². The zero-order valence-corrected chi connectivity index (χ0v) is 14.3. The number of nitrogens with one attached hydrogen (secondary N) is 1. The van der Waals surface area contributed by atoms with Crippen molar-refractivity contribution in [2.24, 2.45) is 11.8 Å². The fraction of sp³-hybridized carbons (Fsp3) is 0.684. The molecule has 1 atom stereocenters. The molecule has 0 amide bonds. The molecule has 1 saturated carbocycles. The summed E-state index contributed by atoms with van der Waals surface area (Å²) in [5.41, 5.74) is 1.39. The van der Waals surface area contributed by atoms with Gasteiger partial charge in [-0.1, -0.05) is 43.0 Å². The largest absolute Gasteiger partial charge is 0.316 e. The second-order valence-corrected chi connectivity index (χ2v) is 7.62. The highest BCUT2D eigenvalue weighted by atomic mass is 35.5. The van der Waals surface area contributed by atoms with Crippen LogP contribution < -0.4 is 5.32 Å². The van der Waals surface area contributed by atoms with Crippen LogP contribution in [0.1, 0.15) is 44.1 Å². The second-order valence-electron chi connectivity index (χ2n) is 7.18. The van der Waals surface area contributed by atoms with E-state index in [0.717, 1.165) is 23.4 Å². The molecule has 1 N–H and O–H groups in total. The number of hydrogen-bond acceptors (Lipinski definition) is 2. The van der Waals surface area contributed by atoms with Crippen LogP contribution in [-0.2, 0) is 6.54 Å². The zero-order valence-electron chi connectivity index (χ0n) is 13.6. The van der Waals surface area contributed by atoms with Crippen LogP contribution in [-0.4, -0.2) is 31.1 Å². The molecule has 1 aliphatic carbocycles. The average molecular weight is 321 g/mol. The monoisotopic (exact) mass is 320 g/mol. The molecule has 1 heterocycles. The quantitative estimate of drug-likeness (QED) is 0.839. The molecule has 2 aliphatic rings. The molecule has 1 aromatic rings. The van der Waals surface area contributed by atoms with Crippen molar-refractivity contribution in [3.05, 3.63) is 34.9 Å². The summed E-state index contributed by atoms with van der Waals surface area (Å²) >= 11 is 6.02. The third-order valence-corrected chi connectivity index (χ3v) is 5.49. The van der Waals surface area contributed by atoms with E-state index >= 15 is 0 Å². The molecule has 0 radical (unpaired) electrons. The SMILES string of the molecule is Clc1ccc(CN(CC2CCCCC2)CC2CCNC2)cc1. The summed E-state index contributed by atoms with van der Waals surface area (Å²) in [6, 6.07) is 8.41. The number of benzene rings is 1. The van der Waals surface area contributed by atoms with Crippen LogP contribution in [0.25, 0.3) is 0 Å². The molecule has 3 heteroatoms. The van der Waals surface area contributed by atoms with Crippen molar-refractivity contribution in [1.29, 1.82) is 0 Å². The van der Waals surface area contributed by atoms with Gasteiger partial charge in [-0.3, -0.25) is 4.90 Å². The number of hydrogen-bond donors (Lipinski definition) is 1. The van der Waals surface area contributed by atoms with E-state index in [9.17, 15) is 0 Å². The summed E-state index contributed by atoms with van der Waals surface area (Å²) in [4.78, 5) is 2.71. The van der Waals surface area contributed by atoms with Gasteiger partial charge in [0.15, 0.2) is 0 Å². The fourth-order valence-corrected chi connectivity index (χ4v) is 4.15. The highest BCUT2D eigenvalue weighted by Gasteiger charge is 2.22. The first kappa shape index (κ1) is 16.3. The molecule has 0 aromatic heterocycles. The van der Waals surface area contributed by atoms with E-state index in [1.165, 1.54) is 70.3 Å². The van der Waals surface area contributed by atoms with Crippen LogP contribution >= 0.6 is 11.6 Å². The van der Waals surface area contributed by atoms with Crippen molar-refractivity contribution < 1.29 is 0 Å². The van der Waals surface area contributed by atoms with Crippen LogP contribution in [0.15, 0.2) is 24.3 Å². The molecule has 0 bridgehead atoms. The van der Waals surface area contributed by atoms with Gasteiger partial charge in [-0.25, -0.2) is 0 Å². The minimum atomic E-state index is 0.830. The van der Waals surface area contributed by atoms with Gasteiger partial charge in [0.1, 0.15) is 0 Å². The average Bonchev–Trinajstić information content (AvgIpc) is 3.03. The minimum absolute atomic E-state index is 0.830. The van der Waals surface area contributed by atoms with E-state index in [2.05, 4.69) is 22.3 Å². The second kappa shape index (κ2) is 8.33. The van der Waals surface area contributed by atoms with E-state index in [1.807, 2.05) is 12.1 Å². The highest BCUT2D eigenvalue weighted by Crippen LogP contribution is 2.26. The van der Waals surface area contributed by atoms with E-state index in [1.54, 1.807) is 0 Å². The maximum atomic E-state index is 6.02. The van der Waals surface area contributed by atoms with Crippen LogP contribution in [0.2, 0.25) is 5.02 Å². The van der Waals surface area contributed by atoms with Crippen LogP contribution in [0, 0.1) is 11.8 Å². The molecular formula is C19H29ClN2. The lowest BCUT2D eigenvalue weighted by Crippen LogP contribution is -2.35. The van der Waals surface area contributed by atoms with Gasteiger partial charge >= 0.3 is 0 Å². The molecule has 22 heavy (non-hydrogen) atoms. The highest BCUT2D eigenvalue weighted by molar-refractivity contribution is 6.30. The van der Waals surface area contributed by atoms with Crippen LogP contribution in [0.5, 0.6) is 0 Å². The maximum Gasteiger partial charge on any atom is 0.0406 e. The van der Waals surface area contributed by atoms with Crippen LogP contribution in [0.4, 0.5) is 0 Å². The molecule has 2 nitrogen and oxygen atoms in total. The van der Waals surface area contributed by atoms with Gasteiger partial charge in [0, 0.05) is 24.7 Å². The summed E-state index contributed by atoms with van der Waals surface area (Å²) in [5, 5.41) is 4.34. The van der Waals surface area contributed by atoms with Crippen molar-refractivity contribution >= 4 is 11.6 Å². The molecule has 1 aromatic carbocycles. The Morgan fingerprint density at radius 2 is 1.68 bits per heavy atom. The molecule has 2 fully saturated rings. The molecule has 1 aliphatic heterocycles. The Bertz CT molecular complexity index is 433. The summed E-state index contributed by atoms with van der Waals surface area (Å²) < 4.78 is 0. The van der Waals surface area contributed by atoms with E-state index in [4.69, 9.17) is 11.6 Å². The van der Waals surface area contributed by atoms with Crippen molar-refractivity contribution in [2.45, 2.75) is 45.1 Å². The molecule has 3 rings (SSSR count). The lowest BCUT2D eigenvalue weighted by molar-refractivity contribution is 0.173. The Balaban J connectivity index is 1.60. The fourth-order valence-electron chi connectivity index (χ4n) is 4.02. The van der Waals surface area contributed by atoms with Gasteiger partial charge in [0.2, 0.25) is 0 Å². The first-order valence-corrected chi connectivity index (χ1v) is 9.35. The van der Waals surface area contributed by atoms with Gasteiger partial charge in [0.05, 0.1) is 0 Å². The summed E-state index contributed by atoms with van der Waals surface area (Å²) in [6.07, 6.45) is 8.51. The van der Waals surface area contributed by atoms with E-state index < -0.39 is 0 Å². The van der Waals surface area contributed by atoms with Gasteiger partial charge in [-0.05, 0) is 61.9 Å². The summed E-state index contributed by atoms with van der Waals surface area (Å²) in [6.45, 7) is 5.99.